The smallest absolute Gasteiger partial charge is 0.144 e. The highest BCUT2D eigenvalue weighted by atomic mass is 32.2. The molecule has 1 aromatic carbocycles. The summed E-state index contributed by atoms with van der Waals surface area (Å²) in [6, 6.07) is 8.52. The van der Waals surface area contributed by atoms with Gasteiger partial charge in [0, 0.05) is 18.1 Å². The number of hydrogen-bond donors (Lipinski definition) is 1. The van der Waals surface area contributed by atoms with Gasteiger partial charge in [-0.05, 0) is 24.5 Å². The molecule has 1 N–H and O–H groups in total. The van der Waals surface area contributed by atoms with Gasteiger partial charge < -0.3 is 5.32 Å². The van der Waals surface area contributed by atoms with Crippen LogP contribution in [0.3, 0.4) is 0 Å². The first-order valence-electron chi connectivity index (χ1n) is 6.96. The summed E-state index contributed by atoms with van der Waals surface area (Å²) in [5.74, 6) is 2.78. The lowest BCUT2D eigenvalue weighted by atomic mass is 10.1. The van der Waals surface area contributed by atoms with Gasteiger partial charge in [-0.25, -0.2) is 4.98 Å². The fourth-order valence-corrected chi connectivity index (χ4v) is 2.82. The zero-order chi connectivity index (χ0) is 14.2. The van der Waals surface area contributed by atoms with Crippen molar-refractivity contribution >= 4 is 17.6 Å². The summed E-state index contributed by atoms with van der Waals surface area (Å²) in [4.78, 5) is 8.81. The van der Waals surface area contributed by atoms with E-state index >= 15 is 0 Å². The molecule has 0 saturated carbocycles. The van der Waals surface area contributed by atoms with Crippen LogP contribution in [0.2, 0.25) is 0 Å². The lowest BCUT2D eigenvalue weighted by Crippen LogP contribution is -2.02. The van der Waals surface area contributed by atoms with Crippen LogP contribution in [0.25, 0.3) is 0 Å². The molecule has 20 heavy (non-hydrogen) atoms. The number of nitrogens with zero attached hydrogens (tertiary/aromatic N) is 2. The lowest BCUT2D eigenvalue weighted by molar-refractivity contribution is 0.960. The minimum Gasteiger partial charge on any atom is -0.369 e. The second-order valence-electron chi connectivity index (χ2n) is 4.74. The second-order valence-corrected chi connectivity index (χ2v) is 5.72. The Bertz CT molecular complexity index is 526. The van der Waals surface area contributed by atoms with Gasteiger partial charge >= 0.3 is 0 Å². The van der Waals surface area contributed by atoms with Crippen LogP contribution in [0.5, 0.6) is 0 Å². The van der Waals surface area contributed by atoms with Crippen molar-refractivity contribution in [2.24, 2.45) is 0 Å². The van der Waals surface area contributed by atoms with E-state index in [1.807, 2.05) is 24.2 Å². The number of hydrogen-bond acceptors (Lipinski definition) is 4. The van der Waals surface area contributed by atoms with Gasteiger partial charge in [0.05, 0.1) is 18.1 Å². The molecular formula is C16H21N3S. The Balaban J connectivity index is 1.81. The topological polar surface area (TPSA) is 37.8 Å². The van der Waals surface area contributed by atoms with Gasteiger partial charge in [0.2, 0.25) is 0 Å². The number of anilines is 1. The normalized spacial score (nSPS) is 10.5. The summed E-state index contributed by atoms with van der Waals surface area (Å²) < 4.78 is 0. The maximum absolute atomic E-state index is 4.44. The van der Waals surface area contributed by atoms with Crippen LogP contribution in [-0.4, -0.2) is 16.5 Å². The Kier molecular flexibility index (Phi) is 5.87. The van der Waals surface area contributed by atoms with Crippen molar-refractivity contribution in [1.29, 1.82) is 0 Å². The molecule has 0 fully saturated rings. The highest BCUT2D eigenvalue weighted by Crippen LogP contribution is 2.19. The Labute approximate surface area is 125 Å². The van der Waals surface area contributed by atoms with Crippen LogP contribution in [0.15, 0.2) is 36.7 Å². The maximum Gasteiger partial charge on any atom is 0.144 e. The first kappa shape index (κ1) is 14.9. The average molecular weight is 287 g/mol. The van der Waals surface area contributed by atoms with E-state index in [0.29, 0.717) is 0 Å². The lowest BCUT2D eigenvalue weighted by Gasteiger charge is -2.06. The minimum atomic E-state index is 0.861. The van der Waals surface area contributed by atoms with Gasteiger partial charge in [-0.1, -0.05) is 31.2 Å². The highest BCUT2D eigenvalue weighted by Gasteiger charge is 2.00. The van der Waals surface area contributed by atoms with Crippen LogP contribution in [0.4, 0.5) is 5.82 Å². The number of benzene rings is 1. The molecule has 0 aliphatic rings. The molecule has 0 radical (unpaired) electrons. The molecule has 0 amide bonds. The molecule has 106 valence electrons. The van der Waals surface area contributed by atoms with Gasteiger partial charge in [-0.2, -0.15) is 11.8 Å². The summed E-state index contributed by atoms with van der Waals surface area (Å²) in [5, 5.41) is 3.23. The molecule has 4 heteroatoms. The average Bonchev–Trinajstić information content (AvgIpc) is 2.48. The summed E-state index contributed by atoms with van der Waals surface area (Å²) in [6.45, 7) is 5.23. The molecule has 3 nitrogen and oxygen atoms in total. The molecule has 1 heterocycles. The molecule has 0 unspecified atom stereocenters. The first-order valence-corrected chi connectivity index (χ1v) is 8.12. The summed E-state index contributed by atoms with van der Waals surface area (Å²) in [7, 11) is 0. The molecule has 0 atom stereocenters. The van der Waals surface area contributed by atoms with Crippen LogP contribution >= 0.6 is 11.8 Å². The van der Waals surface area contributed by atoms with Crippen molar-refractivity contribution in [3.05, 3.63) is 53.5 Å². The van der Waals surface area contributed by atoms with Crippen molar-refractivity contribution < 1.29 is 0 Å². The van der Waals surface area contributed by atoms with Gasteiger partial charge in [0.25, 0.3) is 0 Å². The van der Waals surface area contributed by atoms with Gasteiger partial charge in [-0.15, -0.1) is 0 Å². The van der Waals surface area contributed by atoms with Crippen LogP contribution in [0.1, 0.15) is 30.2 Å². The molecule has 2 rings (SSSR count). The predicted octanol–water partition coefficient (Wildman–Crippen LogP) is 4.04. The Morgan fingerprint density at radius 1 is 1.10 bits per heavy atom. The Morgan fingerprint density at radius 2 is 1.95 bits per heavy atom. The van der Waals surface area contributed by atoms with Gasteiger partial charge in [-0.3, -0.25) is 4.98 Å². The van der Waals surface area contributed by atoms with E-state index in [0.717, 1.165) is 36.0 Å². The van der Waals surface area contributed by atoms with Crippen molar-refractivity contribution in [2.75, 3.05) is 11.9 Å². The third-order valence-electron chi connectivity index (χ3n) is 3.03. The van der Waals surface area contributed by atoms with E-state index in [1.165, 1.54) is 11.1 Å². The van der Waals surface area contributed by atoms with Crippen molar-refractivity contribution in [2.45, 2.75) is 31.8 Å². The Hall–Kier alpha value is -1.55. The van der Waals surface area contributed by atoms with E-state index in [9.17, 15) is 0 Å². The molecule has 1 aromatic heterocycles. The number of thioether (sulfide) groups is 1. The molecule has 0 bridgehead atoms. The van der Waals surface area contributed by atoms with E-state index in [-0.39, 0.29) is 0 Å². The van der Waals surface area contributed by atoms with Crippen molar-refractivity contribution in [1.82, 2.24) is 9.97 Å². The van der Waals surface area contributed by atoms with Gasteiger partial charge in [0.15, 0.2) is 0 Å². The molecule has 0 aliphatic carbocycles. The summed E-state index contributed by atoms with van der Waals surface area (Å²) in [5.41, 5.74) is 3.78. The summed E-state index contributed by atoms with van der Waals surface area (Å²) >= 11 is 1.87. The highest BCUT2D eigenvalue weighted by molar-refractivity contribution is 7.97. The second kappa shape index (κ2) is 7.90. The molecule has 2 aromatic rings. The molecular weight excluding hydrogens is 266 g/mol. The number of aromatic nitrogens is 2. The molecule has 0 saturated heterocycles. The van der Waals surface area contributed by atoms with E-state index < -0.39 is 0 Å². The fourth-order valence-electron chi connectivity index (χ4n) is 1.81. The fraction of sp³-hybridized carbons (Fsp3) is 0.375. The summed E-state index contributed by atoms with van der Waals surface area (Å²) in [6.07, 6.45) is 4.78. The van der Waals surface area contributed by atoms with Crippen LogP contribution in [0, 0.1) is 6.92 Å². The third kappa shape index (κ3) is 4.53. The predicted molar refractivity (Wildman–Crippen MR) is 87.0 cm³/mol. The monoisotopic (exact) mass is 287 g/mol. The van der Waals surface area contributed by atoms with Crippen molar-refractivity contribution in [3.8, 4) is 0 Å². The van der Waals surface area contributed by atoms with Crippen LogP contribution in [-0.2, 0) is 11.5 Å². The third-order valence-corrected chi connectivity index (χ3v) is 4.05. The van der Waals surface area contributed by atoms with Crippen molar-refractivity contribution in [3.63, 3.8) is 0 Å². The zero-order valence-corrected chi connectivity index (χ0v) is 12.9. The number of rotatable bonds is 7. The molecule has 0 aliphatic heterocycles. The van der Waals surface area contributed by atoms with E-state index in [2.05, 4.69) is 53.4 Å². The number of aryl methyl sites for hydroxylation is 1. The number of nitrogens with one attached hydrogen (secondary N) is 1. The zero-order valence-electron chi connectivity index (χ0n) is 12.1. The van der Waals surface area contributed by atoms with Crippen LogP contribution < -0.4 is 5.32 Å². The molecule has 0 spiro atoms. The SMILES string of the molecule is CCCNc1cnc(CSCc2ccccc2C)cn1. The quantitative estimate of drug-likeness (QED) is 0.834. The van der Waals surface area contributed by atoms with Gasteiger partial charge in [0.1, 0.15) is 5.82 Å². The maximum atomic E-state index is 4.44. The Morgan fingerprint density at radius 3 is 2.65 bits per heavy atom. The first-order chi connectivity index (χ1) is 9.79. The van der Waals surface area contributed by atoms with E-state index in [1.54, 1.807) is 0 Å². The van der Waals surface area contributed by atoms with E-state index in [4.69, 9.17) is 0 Å². The largest absolute Gasteiger partial charge is 0.369 e. The standard InChI is InChI=1S/C16H21N3S/c1-3-8-17-16-10-18-15(9-19-16)12-20-11-14-7-5-4-6-13(14)2/h4-7,9-10H,3,8,11-12H2,1-2H3,(H,17,19). The minimum absolute atomic E-state index is 0.861.